The monoisotopic (exact) mass is 300 g/mol. The van der Waals surface area contributed by atoms with Crippen LogP contribution in [0, 0.1) is 10.8 Å². The van der Waals surface area contributed by atoms with Crippen LogP contribution < -0.4 is 0 Å². The van der Waals surface area contributed by atoms with Gasteiger partial charge in [0.05, 0.1) is 38.6 Å². The van der Waals surface area contributed by atoms with Gasteiger partial charge in [-0.1, -0.05) is 13.8 Å². The van der Waals surface area contributed by atoms with Crippen molar-refractivity contribution in [1.82, 2.24) is 0 Å². The SMILES string of the molecule is CCC1(C(CCCC(OC)C2(CC)COC2)OC)COC1. The number of hydrogen-bond donors (Lipinski definition) is 0. The van der Waals surface area contributed by atoms with Crippen LogP contribution in [-0.4, -0.2) is 52.9 Å². The van der Waals surface area contributed by atoms with E-state index in [4.69, 9.17) is 18.9 Å². The highest BCUT2D eigenvalue weighted by Crippen LogP contribution is 2.41. The summed E-state index contributed by atoms with van der Waals surface area (Å²) in [6.07, 6.45) is 6.20. The number of ether oxygens (including phenoxy) is 4. The molecule has 2 rings (SSSR count). The fourth-order valence-corrected chi connectivity index (χ4v) is 3.80. The second kappa shape index (κ2) is 7.40. The third-order valence-electron chi connectivity index (χ3n) is 5.83. The van der Waals surface area contributed by atoms with Crippen LogP contribution in [0.2, 0.25) is 0 Å². The van der Waals surface area contributed by atoms with E-state index in [1.165, 1.54) is 0 Å². The molecular weight excluding hydrogens is 268 g/mol. The lowest BCUT2D eigenvalue weighted by Crippen LogP contribution is -2.52. The highest BCUT2D eigenvalue weighted by Gasteiger charge is 2.46. The molecular formula is C17H32O4. The molecule has 0 aromatic carbocycles. The Balaban J connectivity index is 1.81. The Morgan fingerprint density at radius 1 is 0.810 bits per heavy atom. The normalized spacial score (nSPS) is 25.7. The van der Waals surface area contributed by atoms with Gasteiger partial charge in [0.15, 0.2) is 0 Å². The van der Waals surface area contributed by atoms with Gasteiger partial charge in [0.2, 0.25) is 0 Å². The minimum atomic E-state index is 0.249. The van der Waals surface area contributed by atoms with Crippen LogP contribution in [0.4, 0.5) is 0 Å². The molecule has 0 bridgehead atoms. The fourth-order valence-electron chi connectivity index (χ4n) is 3.80. The highest BCUT2D eigenvalue weighted by molar-refractivity contribution is 4.94. The summed E-state index contributed by atoms with van der Waals surface area (Å²) in [5.41, 5.74) is 0.499. The van der Waals surface area contributed by atoms with Crippen molar-refractivity contribution in [2.75, 3.05) is 40.6 Å². The van der Waals surface area contributed by atoms with Gasteiger partial charge < -0.3 is 18.9 Å². The zero-order valence-corrected chi connectivity index (χ0v) is 14.2. The molecule has 2 saturated heterocycles. The maximum atomic E-state index is 5.77. The van der Waals surface area contributed by atoms with Gasteiger partial charge in [-0.05, 0) is 32.1 Å². The molecule has 21 heavy (non-hydrogen) atoms. The maximum absolute atomic E-state index is 5.77. The molecule has 0 N–H and O–H groups in total. The van der Waals surface area contributed by atoms with Crippen LogP contribution in [0.25, 0.3) is 0 Å². The van der Waals surface area contributed by atoms with Gasteiger partial charge in [0.25, 0.3) is 0 Å². The minimum absolute atomic E-state index is 0.249. The van der Waals surface area contributed by atoms with E-state index in [1.807, 2.05) is 14.2 Å². The smallest absolute Gasteiger partial charge is 0.0671 e. The molecule has 0 aromatic heterocycles. The Hall–Kier alpha value is -0.160. The second-order valence-electron chi connectivity index (χ2n) is 6.80. The zero-order chi connectivity index (χ0) is 15.3. The molecule has 2 heterocycles. The molecule has 0 spiro atoms. The summed E-state index contributed by atoms with van der Waals surface area (Å²) < 4.78 is 22.4. The van der Waals surface area contributed by atoms with E-state index in [2.05, 4.69) is 13.8 Å². The topological polar surface area (TPSA) is 36.9 Å². The summed E-state index contributed by atoms with van der Waals surface area (Å²) in [5, 5.41) is 0. The summed E-state index contributed by atoms with van der Waals surface area (Å²) in [6.45, 7) is 7.88. The van der Waals surface area contributed by atoms with Gasteiger partial charge in [0, 0.05) is 25.0 Å². The molecule has 4 nitrogen and oxygen atoms in total. The molecule has 124 valence electrons. The lowest BCUT2D eigenvalue weighted by molar-refractivity contribution is -0.191. The average molecular weight is 300 g/mol. The molecule has 0 aliphatic carbocycles. The first kappa shape index (κ1) is 17.2. The Kier molecular flexibility index (Phi) is 6.06. The molecule has 2 aliphatic rings. The van der Waals surface area contributed by atoms with E-state index in [-0.39, 0.29) is 10.8 Å². The van der Waals surface area contributed by atoms with Gasteiger partial charge in [-0.3, -0.25) is 0 Å². The summed E-state index contributed by atoms with van der Waals surface area (Å²) in [6, 6.07) is 0. The third-order valence-corrected chi connectivity index (χ3v) is 5.83. The quantitative estimate of drug-likeness (QED) is 0.621. The largest absolute Gasteiger partial charge is 0.381 e. The summed E-state index contributed by atoms with van der Waals surface area (Å²) in [5.74, 6) is 0. The predicted octanol–water partition coefficient (Wildman–Crippen LogP) is 3.04. The van der Waals surface area contributed by atoms with Crippen molar-refractivity contribution in [2.45, 2.75) is 58.2 Å². The number of methoxy groups -OCH3 is 2. The molecule has 0 aromatic rings. The van der Waals surface area contributed by atoms with Gasteiger partial charge in [-0.25, -0.2) is 0 Å². The van der Waals surface area contributed by atoms with Gasteiger partial charge in [-0.2, -0.15) is 0 Å². The van der Waals surface area contributed by atoms with E-state index in [0.29, 0.717) is 12.2 Å². The van der Waals surface area contributed by atoms with E-state index in [9.17, 15) is 0 Å². The third kappa shape index (κ3) is 3.29. The van der Waals surface area contributed by atoms with Crippen LogP contribution in [0.3, 0.4) is 0 Å². The molecule has 2 unspecified atom stereocenters. The lowest BCUT2D eigenvalue weighted by Gasteiger charge is -2.47. The first-order valence-electron chi connectivity index (χ1n) is 8.37. The zero-order valence-electron chi connectivity index (χ0n) is 14.2. The van der Waals surface area contributed by atoms with Crippen LogP contribution in [0.1, 0.15) is 46.0 Å². The Morgan fingerprint density at radius 3 is 1.38 bits per heavy atom. The van der Waals surface area contributed by atoms with Crippen LogP contribution in [-0.2, 0) is 18.9 Å². The Labute approximate surface area is 129 Å². The van der Waals surface area contributed by atoms with Crippen molar-refractivity contribution in [3.63, 3.8) is 0 Å². The van der Waals surface area contributed by atoms with E-state index >= 15 is 0 Å². The molecule has 2 atom stereocenters. The van der Waals surface area contributed by atoms with Crippen LogP contribution in [0.15, 0.2) is 0 Å². The average Bonchev–Trinajstić information content (AvgIpc) is 2.42. The van der Waals surface area contributed by atoms with E-state index in [1.54, 1.807) is 0 Å². The maximum Gasteiger partial charge on any atom is 0.0671 e. The second-order valence-corrected chi connectivity index (χ2v) is 6.80. The highest BCUT2D eigenvalue weighted by atomic mass is 16.5. The Morgan fingerprint density at radius 2 is 1.19 bits per heavy atom. The summed E-state index contributed by atoms with van der Waals surface area (Å²) >= 11 is 0. The van der Waals surface area contributed by atoms with Crippen molar-refractivity contribution < 1.29 is 18.9 Å². The van der Waals surface area contributed by atoms with Crippen LogP contribution >= 0.6 is 0 Å². The van der Waals surface area contributed by atoms with Gasteiger partial charge in [-0.15, -0.1) is 0 Å². The Bertz CT molecular complexity index is 269. The van der Waals surface area contributed by atoms with E-state index < -0.39 is 0 Å². The lowest BCUT2D eigenvalue weighted by atomic mass is 9.73. The van der Waals surface area contributed by atoms with Crippen molar-refractivity contribution >= 4 is 0 Å². The summed E-state index contributed by atoms with van der Waals surface area (Å²) in [4.78, 5) is 0. The minimum Gasteiger partial charge on any atom is -0.381 e. The van der Waals surface area contributed by atoms with Gasteiger partial charge in [0.1, 0.15) is 0 Å². The first-order chi connectivity index (χ1) is 10.2. The van der Waals surface area contributed by atoms with Crippen LogP contribution in [0.5, 0.6) is 0 Å². The van der Waals surface area contributed by atoms with Crippen molar-refractivity contribution in [1.29, 1.82) is 0 Å². The molecule has 4 heteroatoms. The fraction of sp³-hybridized carbons (Fsp3) is 1.00. The number of hydrogen-bond acceptors (Lipinski definition) is 4. The van der Waals surface area contributed by atoms with E-state index in [0.717, 1.165) is 58.5 Å². The van der Waals surface area contributed by atoms with Crippen molar-refractivity contribution in [3.8, 4) is 0 Å². The molecule has 0 amide bonds. The molecule has 2 fully saturated rings. The first-order valence-corrected chi connectivity index (χ1v) is 8.37. The van der Waals surface area contributed by atoms with Gasteiger partial charge >= 0.3 is 0 Å². The standard InChI is InChI=1S/C17H32O4/c1-5-16(10-20-11-16)14(18-3)8-7-9-15(19-4)17(6-2)12-21-13-17/h14-15H,5-13H2,1-4H3. The molecule has 0 saturated carbocycles. The number of rotatable bonds is 10. The van der Waals surface area contributed by atoms with Crippen molar-refractivity contribution in [3.05, 3.63) is 0 Å². The predicted molar refractivity (Wildman–Crippen MR) is 82.5 cm³/mol. The molecule has 0 radical (unpaired) electrons. The van der Waals surface area contributed by atoms with Crippen molar-refractivity contribution in [2.24, 2.45) is 10.8 Å². The molecule has 2 aliphatic heterocycles. The summed E-state index contributed by atoms with van der Waals surface area (Å²) in [7, 11) is 3.67.